The number of nitrogens with one attached hydrogen (secondary N) is 1. The highest BCUT2D eigenvalue weighted by Crippen LogP contribution is 2.24. The van der Waals surface area contributed by atoms with Gasteiger partial charge in [-0.3, -0.25) is 0 Å². The van der Waals surface area contributed by atoms with Crippen molar-refractivity contribution in [2.24, 2.45) is 12.8 Å². The van der Waals surface area contributed by atoms with Gasteiger partial charge in [0.25, 0.3) is 0 Å². The zero-order chi connectivity index (χ0) is 15.6. The van der Waals surface area contributed by atoms with Crippen LogP contribution in [-0.4, -0.2) is 23.2 Å². The molecule has 0 unspecified atom stereocenters. The minimum atomic E-state index is -4.03. The molecule has 0 amide bonds. The molecule has 0 saturated heterocycles. The van der Waals surface area contributed by atoms with Crippen LogP contribution >= 0.6 is 15.9 Å². The number of halogens is 2. The summed E-state index contributed by atoms with van der Waals surface area (Å²) in [6, 6.07) is 2.63. The van der Waals surface area contributed by atoms with E-state index in [0.29, 0.717) is 10.3 Å². The first kappa shape index (κ1) is 16.0. The van der Waals surface area contributed by atoms with E-state index >= 15 is 0 Å². The van der Waals surface area contributed by atoms with Crippen LogP contribution in [0, 0.1) is 5.82 Å². The van der Waals surface area contributed by atoms with E-state index in [-0.39, 0.29) is 18.7 Å². The second-order valence-corrected chi connectivity index (χ2v) is 6.91. The Bertz CT molecular complexity index is 762. The second-order valence-electron chi connectivity index (χ2n) is 4.26. The fraction of sp³-hybridized carbons (Fsp3) is 0.273. The first-order chi connectivity index (χ1) is 9.85. The summed E-state index contributed by atoms with van der Waals surface area (Å²) in [6.07, 6.45) is 1.44. The van der Waals surface area contributed by atoms with Gasteiger partial charge in [-0.15, -0.1) is 10.2 Å². The summed E-state index contributed by atoms with van der Waals surface area (Å²) in [6.45, 7) is -0.195. The number of hydrogen-bond donors (Lipinski definition) is 2. The van der Waals surface area contributed by atoms with Crippen molar-refractivity contribution < 1.29 is 12.8 Å². The number of nitrogens with zero attached hydrogens (tertiary/aromatic N) is 3. The van der Waals surface area contributed by atoms with Gasteiger partial charge in [0.15, 0.2) is 0 Å². The molecule has 0 aliphatic heterocycles. The molecule has 0 saturated carbocycles. The van der Waals surface area contributed by atoms with Crippen LogP contribution in [-0.2, 0) is 30.2 Å². The van der Waals surface area contributed by atoms with Crippen molar-refractivity contribution in [1.29, 1.82) is 0 Å². The Labute approximate surface area is 129 Å². The predicted molar refractivity (Wildman–Crippen MR) is 77.0 cm³/mol. The molecule has 114 valence electrons. The number of benzene rings is 1. The minimum absolute atomic E-state index is 0.0945. The Balaban J connectivity index is 2.32. The number of hydrogen-bond acceptors (Lipinski definition) is 5. The summed E-state index contributed by atoms with van der Waals surface area (Å²) in [5, 5.41) is 7.38. The lowest BCUT2D eigenvalue weighted by molar-refractivity contribution is 0.547. The number of aromatic nitrogens is 3. The topological polar surface area (TPSA) is 103 Å². The zero-order valence-electron chi connectivity index (χ0n) is 11.0. The van der Waals surface area contributed by atoms with Crippen molar-refractivity contribution in [3.05, 3.63) is 40.1 Å². The third-order valence-corrected chi connectivity index (χ3v) is 4.67. The highest BCUT2D eigenvalue weighted by Gasteiger charge is 2.22. The lowest BCUT2D eigenvalue weighted by Gasteiger charge is -2.10. The maximum absolute atomic E-state index is 14.1. The molecule has 2 rings (SSSR count). The third kappa shape index (κ3) is 3.46. The summed E-state index contributed by atoms with van der Waals surface area (Å²) in [4.78, 5) is -0.459. The fourth-order valence-corrected chi connectivity index (χ4v) is 3.45. The van der Waals surface area contributed by atoms with Gasteiger partial charge < -0.3 is 10.3 Å². The molecule has 3 N–H and O–H groups in total. The largest absolute Gasteiger partial charge is 0.326 e. The first-order valence-corrected chi connectivity index (χ1v) is 8.13. The molecule has 0 fully saturated rings. The fourth-order valence-electron chi connectivity index (χ4n) is 1.67. The zero-order valence-corrected chi connectivity index (χ0v) is 13.4. The monoisotopic (exact) mass is 377 g/mol. The Morgan fingerprint density at radius 1 is 1.48 bits per heavy atom. The van der Waals surface area contributed by atoms with E-state index in [1.807, 2.05) is 0 Å². The van der Waals surface area contributed by atoms with Crippen LogP contribution in [0.1, 0.15) is 11.4 Å². The molecule has 1 heterocycles. The van der Waals surface area contributed by atoms with Crippen molar-refractivity contribution in [3.8, 4) is 0 Å². The van der Waals surface area contributed by atoms with Gasteiger partial charge in [-0.1, -0.05) is 15.9 Å². The Kier molecular flexibility index (Phi) is 4.71. The van der Waals surface area contributed by atoms with E-state index in [0.717, 1.165) is 0 Å². The normalized spacial score (nSPS) is 11.8. The van der Waals surface area contributed by atoms with Crippen molar-refractivity contribution in [1.82, 2.24) is 19.5 Å². The molecule has 0 radical (unpaired) electrons. The molecule has 0 bridgehead atoms. The van der Waals surface area contributed by atoms with Gasteiger partial charge in [0.2, 0.25) is 10.0 Å². The van der Waals surface area contributed by atoms with Crippen LogP contribution in [0.5, 0.6) is 0 Å². The van der Waals surface area contributed by atoms with Gasteiger partial charge in [0, 0.05) is 23.6 Å². The van der Waals surface area contributed by atoms with Crippen LogP contribution in [0.2, 0.25) is 0 Å². The molecule has 0 aliphatic rings. The smallest absolute Gasteiger partial charge is 0.243 e. The summed E-state index contributed by atoms with van der Waals surface area (Å²) < 4.78 is 42.8. The molecule has 21 heavy (non-hydrogen) atoms. The molecule has 0 atom stereocenters. The molecule has 0 aliphatic carbocycles. The summed E-state index contributed by atoms with van der Waals surface area (Å²) >= 11 is 3.14. The predicted octanol–water partition coefficient (Wildman–Crippen LogP) is 0.654. The molecule has 1 aromatic carbocycles. The number of rotatable bonds is 5. The van der Waals surface area contributed by atoms with Gasteiger partial charge in [-0.05, 0) is 12.1 Å². The Hall–Kier alpha value is -1.36. The maximum Gasteiger partial charge on any atom is 0.243 e. The Morgan fingerprint density at radius 2 is 2.19 bits per heavy atom. The van der Waals surface area contributed by atoms with Crippen LogP contribution < -0.4 is 10.5 Å². The quantitative estimate of drug-likeness (QED) is 0.796. The van der Waals surface area contributed by atoms with E-state index in [2.05, 4.69) is 30.8 Å². The van der Waals surface area contributed by atoms with E-state index in [4.69, 9.17) is 5.73 Å². The average molecular weight is 378 g/mol. The highest BCUT2D eigenvalue weighted by molar-refractivity contribution is 9.10. The van der Waals surface area contributed by atoms with E-state index in [9.17, 15) is 12.8 Å². The first-order valence-electron chi connectivity index (χ1n) is 5.85. The van der Waals surface area contributed by atoms with Crippen LogP contribution in [0.3, 0.4) is 0 Å². The van der Waals surface area contributed by atoms with Crippen molar-refractivity contribution in [2.45, 2.75) is 18.0 Å². The van der Waals surface area contributed by atoms with Gasteiger partial charge in [0.05, 0.1) is 6.54 Å². The molecular weight excluding hydrogens is 365 g/mol. The minimum Gasteiger partial charge on any atom is -0.326 e. The maximum atomic E-state index is 14.1. The van der Waals surface area contributed by atoms with E-state index in [1.54, 1.807) is 11.6 Å². The van der Waals surface area contributed by atoms with Crippen molar-refractivity contribution in [3.63, 3.8) is 0 Å². The third-order valence-electron chi connectivity index (χ3n) is 2.81. The molecule has 10 heteroatoms. The molecule has 2 aromatic rings. The lowest BCUT2D eigenvalue weighted by Crippen LogP contribution is -2.26. The van der Waals surface area contributed by atoms with Crippen molar-refractivity contribution >= 4 is 26.0 Å². The van der Waals surface area contributed by atoms with E-state index < -0.39 is 20.7 Å². The van der Waals surface area contributed by atoms with Crippen molar-refractivity contribution in [2.75, 3.05) is 0 Å². The standard InChI is InChI=1S/C11H13BrFN5O2S/c1-18-6-15-17-10(18)5-16-21(19,20)9-3-8(12)2-7(4-14)11(9)13/h2-3,6,16H,4-5,14H2,1H3. The highest BCUT2D eigenvalue weighted by atomic mass is 79.9. The number of sulfonamides is 1. The second kappa shape index (κ2) is 6.18. The molecule has 1 aromatic heterocycles. The van der Waals surface area contributed by atoms with Crippen LogP contribution in [0.25, 0.3) is 0 Å². The van der Waals surface area contributed by atoms with Crippen LogP contribution in [0.4, 0.5) is 4.39 Å². The van der Waals surface area contributed by atoms with Gasteiger partial charge >= 0.3 is 0 Å². The molecule has 0 spiro atoms. The summed E-state index contributed by atoms with van der Waals surface area (Å²) in [5.41, 5.74) is 5.52. The van der Waals surface area contributed by atoms with E-state index in [1.165, 1.54) is 18.5 Å². The SMILES string of the molecule is Cn1cnnc1CNS(=O)(=O)c1cc(Br)cc(CN)c1F. The number of nitrogens with two attached hydrogens (primary N) is 1. The molecular formula is C11H13BrFN5O2S. The van der Waals surface area contributed by atoms with Gasteiger partial charge in [-0.2, -0.15) is 0 Å². The van der Waals surface area contributed by atoms with Gasteiger partial charge in [-0.25, -0.2) is 17.5 Å². The summed E-state index contributed by atoms with van der Waals surface area (Å²) in [7, 11) is -2.35. The van der Waals surface area contributed by atoms with Crippen LogP contribution in [0.15, 0.2) is 27.8 Å². The number of aryl methyl sites for hydroxylation is 1. The van der Waals surface area contributed by atoms with Gasteiger partial charge in [0.1, 0.15) is 22.9 Å². The average Bonchev–Trinajstić information content (AvgIpc) is 2.84. The summed E-state index contributed by atoms with van der Waals surface area (Å²) in [5.74, 6) is -0.445. The lowest BCUT2D eigenvalue weighted by atomic mass is 10.2. The molecule has 7 nitrogen and oxygen atoms in total. The Morgan fingerprint density at radius 3 is 2.76 bits per heavy atom.